The summed E-state index contributed by atoms with van der Waals surface area (Å²) in [5, 5.41) is 13.2. The van der Waals surface area contributed by atoms with Crippen molar-refractivity contribution in [1.29, 1.82) is 0 Å². The Hall–Kier alpha value is -2.15. The van der Waals surface area contributed by atoms with Gasteiger partial charge >= 0.3 is 0 Å². The fourth-order valence-corrected chi connectivity index (χ4v) is 6.15. The molecule has 7 heteroatoms. The first-order valence-corrected chi connectivity index (χ1v) is 11.4. The van der Waals surface area contributed by atoms with Crippen LogP contribution in [0, 0.1) is 0 Å². The standard InChI is InChI=1S/C24H29N5S.ClH/c1-23(2)12-17(13-24(3,4)28-23)29(5)22-26-21-18(7-6-8-20(21)30-22)15-9-10-19-16(11-15)14-25-27-19;/h6-11,14,17,28H,12-13H2,1-5H3,(H,25,27);1H. The van der Waals surface area contributed by atoms with Gasteiger partial charge in [0.2, 0.25) is 0 Å². The zero-order valence-electron chi connectivity index (χ0n) is 18.7. The highest BCUT2D eigenvalue weighted by atomic mass is 35.5. The quantitative estimate of drug-likeness (QED) is 0.397. The third-order valence-electron chi connectivity index (χ3n) is 6.18. The SMILES string of the molecule is CN(c1nc2c(-c3ccc4[nH]ncc4c3)cccc2s1)C1CC(C)(C)NC(C)(C)C1.Cl. The van der Waals surface area contributed by atoms with E-state index in [9.17, 15) is 0 Å². The number of hydrogen-bond donors (Lipinski definition) is 2. The smallest absolute Gasteiger partial charge is 0.186 e. The van der Waals surface area contributed by atoms with Gasteiger partial charge in [-0.05, 0) is 64.3 Å². The Morgan fingerprint density at radius 1 is 1.06 bits per heavy atom. The van der Waals surface area contributed by atoms with Gasteiger partial charge in [0.15, 0.2) is 5.13 Å². The molecule has 0 radical (unpaired) electrons. The molecule has 3 heterocycles. The van der Waals surface area contributed by atoms with Crippen LogP contribution < -0.4 is 10.2 Å². The van der Waals surface area contributed by atoms with Crippen LogP contribution in [0.3, 0.4) is 0 Å². The second kappa shape index (κ2) is 7.76. The first-order chi connectivity index (χ1) is 14.2. The Morgan fingerprint density at radius 2 is 1.81 bits per heavy atom. The van der Waals surface area contributed by atoms with Crippen molar-refractivity contribution in [3.8, 4) is 11.1 Å². The maximum atomic E-state index is 5.13. The highest BCUT2D eigenvalue weighted by Crippen LogP contribution is 2.39. The molecule has 0 saturated carbocycles. The van der Waals surface area contributed by atoms with Crippen molar-refractivity contribution in [2.24, 2.45) is 0 Å². The summed E-state index contributed by atoms with van der Waals surface area (Å²) in [4.78, 5) is 7.53. The fourth-order valence-electron chi connectivity index (χ4n) is 5.13. The molecule has 0 amide bonds. The highest BCUT2D eigenvalue weighted by molar-refractivity contribution is 7.22. The average Bonchev–Trinajstić information content (AvgIpc) is 3.30. The van der Waals surface area contributed by atoms with E-state index in [-0.39, 0.29) is 23.5 Å². The molecule has 0 spiro atoms. The van der Waals surface area contributed by atoms with E-state index in [2.05, 4.69) is 91.6 Å². The number of aromatic nitrogens is 3. The van der Waals surface area contributed by atoms with Crippen molar-refractivity contribution in [3.63, 3.8) is 0 Å². The lowest BCUT2D eigenvalue weighted by Gasteiger charge is -2.48. The van der Waals surface area contributed by atoms with Gasteiger partial charge in [0.1, 0.15) is 0 Å². The molecular weight excluding hydrogens is 426 g/mol. The van der Waals surface area contributed by atoms with E-state index in [0.29, 0.717) is 6.04 Å². The van der Waals surface area contributed by atoms with Gasteiger partial charge in [0.25, 0.3) is 0 Å². The topological polar surface area (TPSA) is 56.8 Å². The van der Waals surface area contributed by atoms with Gasteiger partial charge in [-0.15, -0.1) is 12.4 Å². The van der Waals surface area contributed by atoms with E-state index in [1.165, 1.54) is 15.8 Å². The molecule has 0 atom stereocenters. The molecule has 0 unspecified atom stereocenters. The van der Waals surface area contributed by atoms with Crippen LogP contribution in [0.2, 0.25) is 0 Å². The van der Waals surface area contributed by atoms with Crippen LogP contribution in [-0.4, -0.2) is 39.3 Å². The summed E-state index contributed by atoms with van der Waals surface area (Å²) in [6.07, 6.45) is 4.08. The Morgan fingerprint density at radius 3 is 2.55 bits per heavy atom. The number of hydrogen-bond acceptors (Lipinski definition) is 5. The third-order valence-corrected chi connectivity index (χ3v) is 7.29. The first kappa shape index (κ1) is 22.1. The lowest BCUT2D eigenvalue weighted by atomic mass is 9.79. The highest BCUT2D eigenvalue weighted by Gasteiger charge is 2.39. The fraction of sp³-hybridized carbons (Fsp3) is 0.417. The Balaban J connectivity index is 0.00000231. The average molecular weight is 456 g/mol. The molecule has 1 fully saturated rings. The lowest BCUT2D eigenvalue weighted by molar-refractivity contribution is 0.161. The number of benzene rings is 2. The molecule has 31 heavy (non-hydrogen) atoms. The summed E-state index contributed by atoms with van der Waals surface area (Å²) < 4.78 is 1.23. The second-order valence-electron chi connectivity index (χ2n) is 9.89. The van der Waals surface area contributed by atoms with Gasteiger partial charge in [-0.1, -0.05) is 29.5 Å². The van der Waals surface area contributed by atoms with Crippen molar-refractivity contribution >= 4 is 50.0 Å². The van der Waals surface area contributed by atoms with E-state index in [1.807, 2.05) is 6.20 Å². The molecule has 0 bridgehead atoms. The minimum absolute atomic E-state index is 0. The summed E-state index contributed by atoms with van der Waals surface area (Å²) >= 11 is 1.79. The molecule has 2 aromatic heterocycles. The molecule has 0 aliphatic carbocycles. The van der Waals surface area contributed by atoms with Crippen molar-refractivity contribution in [2.75, 3.05) is 11.9 Å². The number of thiazole rings is 1. The first-order valence-electron chi connectivity index (χ1n) is 10.6. The Bertz CT molecular complexity index is 1210. The number of anilines is 1. The summed E-state index contributed by atoms with van der Waals surface area (Å²) in [5.41, 5.74) is 4.72. The van der Waals surface area contributed by atoms with E-state index in [0.717, 1.165) is 34.4 Å². The van der Waals surface area contributed by atoms with Crippen LogP contribution in [0.15, 0.2) is 42.6 Å². The third kappa shape index (κ3) is 4.16. The molecule has 5 rings (SSSR count). The van der Waals surface area contributed by atoms with Gasteiger partial charge in [0, 0.05) is 35.1 Å². The van der Waals surface area contributed by atoms with Crippen LogP contribution in [-0.2, 0) is 0 Å². The predicted octanol–water partition coefficient (Wildman–Crippen LogP) is 6.01. The van der Waals surface area contributed by atoms with Gasteiger partial charge < -0.3 is 10.2 Å². The van der Waals surface area contributed by atoms with Crippen molar-refractivity contribution in [1.82, 2.24) is 20.5 Å². The maximum absolute atomic E-state index is 5.13. The van der Waals surface area contributed by atoms with Crippen molar-refractivity contribution in [2.45, 2.75) is 57.7 Å². The predicted molar refractivity (Wildman–Crippen MR) is 135 cm³/mol. The number of nitrogens with zero attached hydrogens (tertiary/aromatic N) is 3. The molecular formula is C24H30ClN5S. The summed E-state index contributed by atoms with van der Waals surface area (Å²) in [6, 6.07) is 13.4. The lowest BCUT2D eigenvalue weighted by Crippen LogP contribution is -2.61. The number of piperidine rings is 1. The molecule has 164 valence electrons. The van der Waals surface area contributed by atoms with Crippen molar-refractivity contribution in [3.05, 3.63) is 42.6 Å². The second-order valence-corrected chi connectivity index (χ2v) is 10.9. The van der Waals surface area contributed by atoms with E-state index in [4.69, 9.17) is 4.98 Å². The molecule has 2 aromatic carbocycles. The summed E-state index contributed by atoms with van der Waals surface area (Å²) in [6.45, 7) is 9.21. The summed E-state index contributed by atoms with van der Waals surface area (Å²) in [7, 11) is 2.21. The van der Waals surface area contributed by atoms with Crippen LogP contribution in [0.25, 0.3) is 32.2 Å². The normalized spacial score (nSPS) is 18.2. The zero-order valence-corrected chi connectivity index (χ0v) is 20.3. The molecule has 4 aromatic rings. The number of para-hydroxylation sites is 1. The molecule has 2 N–H and O–H groups in total. The van der Waals surface area contributed by atoms with Gasteiger partial charge in [-0.25, -0.2) is 4.98 Å². The van der Waals surface area contributed by atoms with Gasteiger partial charge in [0.05, 0.1) is 21.9 Å². The number of fused-ring (bicyclic) bond motifs is 2. The monoisotopic (exact) mass is 455 g/mol. The molecule has 1 aliphatic rings. The number of nitrogens with one attached hydrogen (secondary N) is 2. The Labute approximate surface area is 193 Å². The number of aromatic amines is 1. The number of halogens is 1. The summed E-state index contributed by atoms with van der Waals surface area (Å²) in [5.74, 6) is 0. The molecule has 1 saturated heterocycles. The minimum atomic E-state index is 0. The molecule has 1 aliphatic heterocycles. The number of H-pyrrole nitrogens is 1. The van der Waals surface area contributed by atoms with Crippen molar-refractivity contribution < 1.29 is 0 Å². The minimum Gasteiger partial charge on any atom is -0.348 e. The van der Waals surface area contributed by atoms with Crippen LogP contribution in [0.5, 0.6) is 0 Å². The maximum Gasteiger partial charge on any atom is 0.186 e. The van der Waals surface area contributed by atoms with Gasteiger partial charge in [-0.2, -0.15) is 5.10 Å². The molecule has 5 nitrogen and oxygen atoms in total. The van der Waals surface area contributed by atoms with E-state index in [1.54, 1.807) is 11.3 Å². The van der Waals surface area contributed by atoms with Crippen LogP contribution in [0.4, 0.5) is 5.13 Å². The van der Waals surface area contributed by atoms with Crippen LogP contribution >= 0.6 is 23.7 Å². The number of rotatable bonds is 3. The van der Waals surface area contributed by atoms with E-state index < -0.39 is 0 Å². The zero-order chi connectivity index (χ0) is 21.1. The largest absolute Gasteiger partial charge is 0.348 e. The van der Waals surface area contributed by atoms with E-state index >= 15 is 0 Å². The van der Waals surface area contributed by atoms with Gasteiger partial charge in [-0.3, -0.25) is 5.10 Å². The van der Waals surface area contributed by atoms with Crippen LogP contribution in [0.1, 0.15) is 40.5 Å². The Kier molecular flexibility index (Phi) is 5.53.